The minimum absolute atomic E-state index is 0.143. The topological polar surface area (TPSA) is 122 Å². The van der Waals surface area contributed by atoms with Crippen molar-refractivity contribution in [3.05, 3.63) is 86.1 Å². The number of nitro groups is 1. The molecule has 0 fully saturated rings. The number of hydrogen-bond donors (Lipinski definition) is 2. The first-order valence-electron chi connectivity index (χ1n) is 9.45. The third-order valence-electron chi connectivity index (χ3n) is 4.99. The highest BCUT2D eigenvalue weighted by molar-refractivity contribution is 7.84. The van der Waals surface area contributed by atoms with Crippen LogP contribution in [-0.4, -0.2) is 17.9 Å². The van der Waals surface area contributed by atoms with E-state index in [2.05, 4.69) is 17.9 Å². The maximum Gasteiger partial charge on any atom is 0.270 e. The average molecular weight is 483 g/mol. The van der Waals surface area contributed by atoms with Gasteiger partial charge in [-0.1, -0.05) is 11.6 Å². The zero-order valence-electron chi connectivity index (χ0n) is 17.0. The van der Waals surface area contributed by atoms with Crippen LogP contribution in [0.4, 0.5) is 11.4 Å². The molecule has 1 atom stereocenters. The highest BCUT2D eigenvalue weighted by atomic mass is 35.5. The molecule has 0 bridgehead atoms. The molecule has 2 heterocycles. The molecule has 0 saturated carbocycles. The molecule has 1 N–H and O–H groups in total. The van der Waals surface area contributed by atoms with E-state index in [9.17, 15) is 20.2 Å². The number of nitrogens with one attached hydrogen (secondary N) is 1. The molecule has 9 nitrogen and oxygen atoms in total. The van der Waals surface area contributed by atoms with Crippen molar-refractivity contribution in [3.8, 4) is 23.1 Å². The van der Waals surface area contributed by atoms with Crippen LogP contribution in [0.25, 0.3) is 11.3 Å². The molecule has 11 heteroatoms. The van der Waals surface area contributed by atoms with Gasteiger partial charge in [0.1, 0.15) is 28.9 Å². The van der Waals surface area contributed by atoms with Crippen molar-refractivity contribution in [2.24, 2.45) is 0 Å². The molecule has 3 aromatic rings. The number of anilines is 1. The number of nitrogens with zero attached hydrogens (tertiary/aromatic N) is 3. The van der Waals surface area contributed by atoms with Gasteiger partial charge in [-0.25, -0.2) is 0 Å². The second kappa shape index (κ2) is 8.90. The lowest BCUT2D eigenvalue weighted by atomic mass is 10.1. The van der Waals surface area contributed by atoms with E-state index in [1.807, 2.05) is 6.07 Å². The van der Waals surface area contributed by atoms with E-state index in [1.54, 1.807) is 48.4 Å². The summed E-state index contributed by atoms with van der Waals surface area (Å²) in [6.07, 6.45) is -0.818. The number of methoxy groups -OCH3 is 1. The third-order valence-corrected chi connectivity index (χ3v) is 5.74. The number of ether oxygens (including phenoxy) is 1. The van der Waals surface area contributed by atoms with Gasteiger partial charge in [0.15, 0.2) is 6.17 Å². The number of carbonyl (C=O) groups excluding carboxylic acids is 1. The summed E-state index contributed by atoms with van der Waals surface area (Å²) in [5, 5.41) is 23.5. The fourth-order valence-electron chi connectivity index (χ4n) is 3.38. The number of furan rings is 1. The molecular formula is C22H15ClN4O5S. The molecule has 1 amide bonds. The van der Waals surface area contributed by atoms with Crippen molar-refractivity contribution in [3.63, 3.8) is 0 Å². The number of thiol groups is 1. The molecule has 166 valence electrons. The largest absolute Gasteiger partial charge is 0.497 e. The fourth-order valence-corrected chi connectivity index (χ4v) is 4.03. The van der Waals surface area contributed by atoms with E-state index < -0.39 is 17.0 Å². The first-order valence-corrected chi connectivity index (χ1v) is 10.3. The summed E-state index contributed by atoms with van der Waals surface area (Å²) in [6.45, 7) is 0. The van der Waals surface area contributed by atoms with Crippen LogP contribution in [0.1, 0.15) is 11.9 Å². The Balaban J connectivity index is 1.76. The summed E-state index contributed by atoms with van der Waals surface area (Å²) in [7, 11) is 1.55. The Morgan fingerprint density at radius 2 is 1.97 bits per heavy atom. The molecule has 0 saturated heterocycles. The summed E-state index contributed by atoms with van der Waals surface area (Å²) in [5.74, 6) is 0.731. The Morgan fingerprint density at radius 1 is 1.24 bits per heavy atom. The second-order valence-electron chi connectivity index (χ2n) is 6.88. The normalized spacial score (nSPS) is 15.8. The quantitative estimate of drug-likeness (QED) is 0.304. The highest BCUT2D eigenvalue weighted by Crippen LogP contribution is 2.39. The molecule has 1 aliphatic rings. The molecule has 33 heavy (non-hydrogen) atoms. The van der Waals surface area contributed by atoms with Crippen molar-refractivity contribution < 1.29 is 18.9 Å². The lowest BCUT2D eigenvalue weighted by molar-refractivity contribution is -0.384. The van der Waals surface area contributed by atoms with Crippen molar-refractivity contribution in [1.82, 2.24) is 5.32 Å². The summed E-state index contributed by atoms with van der Waals surface area (Å²) in [5.41, 5.74) is 0.793. The van der Waals surface area contributed by atoms with Gasteiger partial charge < -0.3 is 19.4 Å². The SMILES string of the molecule is COc1ccc(N2C(S)=C(C#N)C(=O)NC2c2ccc(-c3ccc([N+](=O)[O-])cc3Cl)o2)cc1. The highest BCUT2D eigenvalue weighted by Gasteiger charge is 2.36. The smallest absolute Gasteiger partial charge is 0.270 e. The number of nitriles is 1. The van der Waals surface area contributed by atoms with Crippen LogP contribution >= 0.6 is 24.2 Å². The van der Waals surface area contributed by atoms with Gasteiger partial charge in [0.05, 0.1) is 22.1 Å². The average Bonchev–Trinajstić information content (AvgIpc) is 3.29. The number of halogens is 1. The minimum atomic E-state index is -0.818. The zero-order chi connectivity index (χ0) is 23.7. The van der Waals surface area contributed by atoms with Gasteiger partial charge >= 0.3 is 0 Å². The van der Waals surface area contributed by atoms with E-state index >= 15 is 0 Å². The number of rotatable bonds is 5. The maximum atomic E-state index is 12.5. The van der Waals surface area contributed by atoms with Crippen LogP contribution in [0, 0.1) is 21.4 Å². The van der Waals surface area contributed by atoms with E-state index in [-0.39, 0.29) is 21.3 Å². The van der Waals surface area contributed by atoms with Gasteiger partial charge in [0.2, 0.25) is 0 Å². The first-order chi connectivity index (χ1) is 15.8. The number of amides is 1. The van der Waals surface area contributed by atoms with Gasteiger partial charge in [-0.05, 0) is 42.5 Å². The molecular weight excluding hydrogens is 468 g/mol. The van der Waals surface area contributed by atoms with Crippen molar-refractivity contribution in [1.29, 1.82) is 5.26 Å². The van der Waals surface area contributed by atoms with E-state index in [0.717, 1.165) is 0 Å². The van der Waals surface area contributed by atoms with Crippen LogP contribution in [-0.2, 0) is 4.79 Å². The lowest BCUT2D eigenvalue weighted by Gasteiger charge is -2.36. The predicted octanol–water partition coefficient (Wildman–Crippen LogP) is 4.82. The van der Waals surface area contributed by atoms with Crippen LogP contribution in [0.15, 0.2) is 69.6 Å². The summed E-state index contributed by atoms with van der Waals surface area (Å²) < 4.78 is 11.2. The minimum Gasteiger partial charge on any atom is -0.497 e. The van der Waals surface area contributed by atoms with E-state index in [0.29, 0.717) is 28.5 Å². The molecule has 4 rings (SSSR count). The number of hydrogen-bond acceptors (Lipinski definition) is 8. The van der Waals surface area contributed by atoms with Gasteiger partial charge in [0.25, 0.3) is 11.6 Å². The standard InChI is InChI=1S/C22H15ClN4O5S/c1-31-14-5-2-12(3-6-14)26-20(25-21(28)16(11-24)22(26)33)19-9-8-18(32-19)15-7-4-13(27(29)30)10-17(15)23/h2-10,20,33H,1H3,(H,25,28). The third kappa shape index (κ3) is 4.11. The fraction of sp³-hybridized carbons (Fsp3) is 0.0909. The first kappa shape index (κ1) is 22.3. The Kier molecular flexibility index (Phi) is 6.00. The Hall–Kier alpha value is -3.94. The summed E-state index contributed by atoms with van der Waals surface area (Å²) in [6, 6.07) is 16.2. The van der Waals surface area contributed by atoms with Gasteiger partial charge in [-0.2, -0.15) is 5.26 Å². The van der Waals surface area contributed by atoms with E-state index in [1.165, 1.54) is 18.2 Å². The van der Waals surface area contributed by atoms with Crippen molar-refractivity contribution in [2.75, 3.05) is 12.0 Å². The lowest BCUT2D eigenvalue weighted by Crippen LogP contribution is -2.45. The monoisotopic (exact) mass is 482 g/mol. The molecule has 0 aliphatic carbocycles. The van der Waals surface area contributed by atoms with Gasteiger partial charge in [-0.3, -0.25) is 14.9 Å². The number of nitro benzene ring substituents is 1. The molecule has 0 spiro atoms. The number of non-ortho nitro benzene ring substituents is 1. The van der Waals surface area contributed by atoms with Gasteiger partial charge in [-0.15, -0.1) is 12.6 Å². The zero-order valence-corrected chi connectivity index (χ0v) is 18.6. The van der Waals surface area contributed by atoms with Crippen LogP contribution in [0.2, 0.25) is 5.02 Å². The number of benzene rings is 2. The Labute approximate surface area is 198 Å². The molecule has 2 aromatic carbocycles. The summed E-state index contributed by atoms with van der Waals surface area (Å²) >= 11 is 10.7. The van der Waals surface area contributed by atoms with Crippen molar-refractivity contribution in [2.45, 2.75) is 6.17 Å². The van der Waals surface area contributed by atoms with Crippen LogP contribution in [0.3, 0.4) is 0 Å². The molecule has 1 aromatic heterocycles. The van der Waals surface area contributed by atoms with Crippen LogP contribution < -0.4 is 15.0 Å². The maximum absolute atomic E-state index is 12.5. The second-order valence-corrected chi connectivity index (χ2v) is 7.71. The predicted molar refractivity (Wildman–Crippen MR) is 124 cm³/mol. The molecule has 1 aliphatic heterocycles. The molecule has 1 unspecified atom stereocenters. The molecule has 0 radical (unpaired) electrons. The van der Waals surface area contributed by atoms with Crippen molar-refractivity contribution >= 4 is 41.5 Å². The number of carbonyl (C=O) groups is 1. The van der Waals surface area contributed by atoms with E-state index in [4.69, 9.17) is 20.8 Å². The van der Waals surface area contributed by atoms with Gasteiger partial charge in [0, 0.05) is 23.4 Å². The Morgan fingerprint density at radius 3 is 2.58 bits per heavy atom. The summed E-state index contributed by atoms with van der Waals surface area (Å²) in [4.78, 5) is 24.6. The Bertz CT molecular complexity index is 1330. The van der Waals surface area contributed by atoms with Crippen LogP contribution in [0.5, 0.6) is 5.75 Å².